The lowest BCUT2D eigenvalue weighted by Crippen LogP contribution is -2.11. The predicted molar refractivity (Wildman–Crippen MR) is 67.0 cm³/mol. The molecule has 8 heteroatoms. The molecule has 0 amide bonds. The molecule has 0 radical (unpaired) electrons. The molecule has 0 aliphatic heterocycles. The van der Waals surface area contributed by atoms with Crippen molar-refractivity contribution in [3.63, 3.8) is 0 Å². The summed E-state index contributed by atoms with van der Waals surface area (Å²) < 4.78 is 51.9. The summed E-state index contributed by atoms with van der Waals surface area (Å²) in [5, 5.41) is 2.55. The van der Waals surface area contributed by atoms with E-state index in [9.17, 15) is 17.6 Å². The summed E-state index contributed by atoms with van der Waals surface area (Å²) in [4.78, 5) is 7.12. The molecule has 1 aromatic carbocycles. The quantitative estimate of drug-likeness (QED) is 0.852. The summed E-state index contributed by atoms with van der Waals surface area (Å²) in [6.07, 6.45) is -4.65. The standard InChI is InChI=1S/C12H8ClF4N3/c1-18-11-19-9(5-10(20-11)12(15,16)17)7-3-2-6(13)4-8(7)14/h2-5H,1H3,(H,18,19,20). The number of anilines is 1. The summed E-state index contributed by atoms with van der Waals surface area (Å²) in [7, 11) is 1.37. The van der Waals surface area contributed by atoms with Crippen molar-refractivity contribution in [1.82, 2.24) is 9.97 Å². The van der Waals surface area contributed by atoms with E-state index in [1.165, 1.54) is 19.2 Å². The Morgan fingerprint density at radius 1 is 1.15 bits per heavy atom. The number of benzene rings is 1. The van der Waals surface area contributed by atoms with Crippen LogP contribution in [0.5, 0.6) is 0 Å². The first kappa shape index (κ1) is 14.5. The van der Waals surface area contributed by atoms with E-state index >= 15 is 0 Å². The molecule has 0 fully saturated rings. The number of nitrogens with one attached hydrogen (secondary N) is 1. The second kappa shape index (κ2) is 5.24. The fraction of sp³-hybridized carbons (Fsp3) is 0.167. The maximum absolute atomic E-state index is 13.8. The third-order valence-corrected chi connectivity index (χ3v) is 2.68. The molecule has 1 heterocycles. The van der Waals surface area contributed by atoms with Gasteiger partial charge in [-0.2, -0.15) is 13.2 Å². The Labute approximate surface area is 116 Å². The highest BCUT2D eigenvalue weighted by Crippen LogP contribution is 2.32. The summed E-state index contributed by atoms with van der Waals surface area (Å²) in [6.45, 7) is 0. The van der Waals surface area contributed by atoms with Gasteiger partial charge in [0.05, 0.1) is 5.69 Å². The van der Waals surface area contributed by atoms with Crippen LogP contribution in [0.15, 0.2) is 24.3 Å². The molecule has 2 rings (SSSR count). The van der Waals surface area contributed by atoms with Crippen molar-refractivity contribution in [2.45, 2.75) is 6.18 Å². The van der Waals surface area contributed by atoms with Crippen LogP contribution in [-0.4, -0.2) is 17.0 Å². The lowest BCUT2D eigenvalue weighted by atomic mass is 10.1. The van der Waals surface area contributed by atoms with Crippen molar-refractivity contribution in [3.05, 3.63) is 40.8 Å². The number of rotatable bonds is 2. The molecule has 0 saturated heterocycles. The molecule has 0 saturated carbocycles. The van der Waals surface area contributed by atoms with Crippen LogP contribution in [0.2, 0.25) is 5.02 Å². The highest BCUT2D eigenvalue weighted by Gasteiger charge is 2.34. The third-order valence-electron chi connectivity index (χ3n) is 2.45. The van der Waals surface area contributed by atoms with Gasteiger partial charge >= 0.3 is 6.18 Å². The summed E-state index contributed by atoms with van der Waals surface area (Å²) in [6, 6.07) is 4.33. The highest BCUT2D eigenvalue weighted by molar-refractivity contribution is 6.30. The first-order valence-corrected chi connectivity index (χ1v) is 5.78. The van der Waals surface area contributed by atoms with Crippen LogP contribution in [-0.2, 0) is 6.18 Å². The molecule has 0 aliphatic carbocycles. The summed E-state index contributed by atoms with van der Waals surface area (Å²) >= 11 is 5.60. The topological polar surface area (TPSA) is 37.8 Å². The fourth-order valence-corrected chi connectivity index (χ4v) is 1.70. The van der Waals surface area contributed by atoms with Gasteiger partial charge < -0.3 is 5.32 Å². The largest absolute Gasteiger partial charge is 0.433 e. The van der Waals surface area contributed by atoms with Crippen molar-refractivity contribution >= 4 is 17.5 Å². The minimum absolute atomic E-state index is 0.0844. The van der Waals surface area contributed by atoms with Crippen molar-refractivity contribution < 1.29 is 17.6 Å². The van der Waals surface area contributed by atoms with Gasteiger partial charge in [-0.3, -0.25) is 0 Å². The first-order valence-electron chi connectivity index (χ1n) is 5.40. The lowest BCUT2D eigenvalue weighted by molar-refractivity contribution is -0.141. The molecular formula is C12H8ClF4N3. The van der Waals surface area contributed by atoms with Gasteiger partial charge in [-0.15, -0.1) is 0 Å². The van der Waals surface area contributed by atoms with E-state index in [4.69, 9.17) is 11.6 Å². The first-order chi connectivity index (χ1) is 9.31. The molecule has 0 aliphatic rings. The Kier molecular flexibility index (Phi) is 3.80. The van der Waals surface area contributed by atoms with Crippen LogP contribution in [0.1, 0.15) is 5.69 Å². The molecule has 0 atom stereocenters. The van der Waals surface area contributed by atoms with Gasteiger partial charge in [-0.25, -0.2) is 14.4 Å². The average Bonchev–Trinajstić information content (AvgIpc) is 2.37. The fourth-order valence-electron chi connectivity index (χ4n) is 1.54. The normalized spacial score (nSPS) is 11.5. The maximum atomic E-state index is 13.8. The van der Waals surface area contributed by atoms with Crippen LogP contribution in [0.3, 0.4) is 0 Å². The van der Waals surface area contributed by atoms with Gasteiger partial charge in [-0.1, -0.05) is 11.6 Å². The molecular weight excluding hydrogens is 298 g/mol. The van der Waals surface area contributed by atoms with Crippen LogP contribution < -0.4 is 5.32 Å². The molecule has 1 aromatic heterocycles. The van der Waals surface area contributed by atoms with E-state index < -0.39 is 17.7 Å². The SMILES string of the molecule is CNc1nc(-c2ccc(Cl)cc2F)cc(C(F)(F)F)n1. The van der Waals surface area contributed by atoms with E-state index in [0.29, 0.717) is 6.07 Å². The number of aromatic nitrogens is 2. The van der Waals surface area contributed by atoms with Crippen LogP contribution in [0.25, 0.3) is 11.3 Å². The minimum Gasteiger partial charge on any atom is -0.357 e. The zero-order valence-electron chi connectivity index (χ0n) is 10.1. The lowest BCUT2D eigenvalue weighted by Gasteiger charge is -2.10. The molecule has 106 valence electrons. The van der Waals surface area contributed by atoms with Crippen LogP contribution >= 0.6 is 11.6 Å². The van der Waals surface area contributed by atoms with Gasteiger partial charge in [0.2, 0.25) is 5.95 Å². The van der Waals surface area contributed by atoms with E-state index in [1.54, 1.807) is 0 Å². The third kappa shape index (κ3) is 2.98. The van der Waals surface area contributed by atoms with E-state index in [-0.39, 0.29) is 22.2 Å². The Hall–Kier alpha value is -1.89. The Bertz CT molecular complexity index is 643. The number of halogens is 5. The smallest absolute Gasteiger partial charge is 0.357 e. The van der Waals surface area contributed by atoms with Crippen molar-refractivity contribution in [2.24, 2.45) is 0 Å². The minimum atomic E-state index is -4.65. The zero-order valence-corrected chi connectivity index (χ0v) is 10.8. The predicted octanol–water partition coefficient (Wildman–Crippen LogP) is 4.00. The van der Waals surface area contributed by atoms with E-state index in [2.05, 4.69) is 15.3 Å². The monoisotopic (exact) mass is 305 g/mol. The molecule has 0 bridgehead atoms. The molecule has 0 spiro atoms. The van der Waals surface area contributed by atoms with Crippen LogP contribution in [0, 0.1) is 5.82 Å². The number of hydrogen-bond donors (Lipinski definition) is 1. The van der Waals surface area contributed by atoms with Crippen molar-refractivity contribution in [1.29, 1.82) is 0 Å². The van der Waals surface area contributed by atoms with Gasteiger partial charge in [0.25, 0.3) is 0 Å². The van der Waals surface area contributed by atoms with E-state index in [0.717, 1.165) is 6.07 Å². The number of alkyl halides is 3. The molecule has 3 nitrogen and oxygen atoms in total. The summed E-state index contributed by atoms with van der Waals surface area (Å²) in [5.41, 5.74) is -1.41. The number of nitrogens with zero attached hydrogens (tertiary/aromatic N) is 2. The molecule has 2 aromatic rings. The van der Waals surface area contributed by atoms with Crippen molar-refractivity contribution in [2.75, 3.05) is 12.4 Å². The van der Waals surface area contributed by atoms with Gasteiger partial charge in [0.15, 0.2) is 5.69 Å². The second-order valence-corrected chi connectivity index (χ2v) is 4.27. The molecule has 20 heavy (non-hydrogen) atoms. The second-order valence-electron chi connectivity index (χ2n) is 3.83. The highest BCUT2D eigenvalue weighted by atomic mass is 35.5. The van der Waals surface area contributed by atoms with Crippen molar-refractivity contribution in [3.8, 4) is 11.3 Å². The van der Waals surface area contributed by atoms with Gasteiger partial charge in [-0.05, 0) is 24.3 Å². The van der Waals surface area contributed by atoms with Gasteiger partial charge in [0, 0.05) is 17.6 Å². The average molecular weight is 306 g/mol. The van der Waals surface area contributed by atoms with Crippen LogP contribution in [0.4, 0.5) is 23.5 Å². The Balaban J connectivity index is 2.61. The summed E-state index contributed by atoms with van der Waals surface area (Å²) in [5.74, 6) is -1.00. The molecule has 1 N–H and O–H groups in total. The Morgan fingerprint density at radius 3 is 2.40 bits per heavy atom. The Morgan fingerprint density at radius 2 is 1.85 bits per heavy atom. The van der Waals surface area contributed by atoms with Gasteiger partial charge in [0.1, 0.15) is 5.82 Å². The number of hydrogen-bond acceptors (Lipinski definition) is 3. The van der Waals surface area contributed by atoms with E-state index in [1.807, 2.05) is 0 Å². The zero-order chi connectivity index (χ0) is 14.9. The molecule has 0 unspecified atom stereocenters. The maximum Gasteiger partial charge on any atom is 0.433 e.